The summed E-state index contributed by atoms with van der Waals surface area (Å²) in [5.41, 5.74) is 2.31. The van der Waals surface area contributed by atoms with Gasteiger partial charge in [0.15, 0.2) is 0 Å². The zero-order chi connectivity index (χ0) is 28.3. The number of fused-ring (bicyclic) bond motifs is 1. The van der Waals surface area contributed by atoms with Crippen LogP contribution in [0.15, 0.2) is 65.6 Å². The van der Waals surface area contributed by atoms with Gasteiger partial charge in [-0.15, -0.1) is 0 Å². The van der Waals surface area contributed by atoms with Crippen LogP contribution in [0.5, 0.6) is 11.6 Å². The summed E-state index contributed by atoms with van der Waals surface area (Å²) in [6.45, 7) is 4.46. The van der Waals surface area contributed by atoms with Gasteiger partial charge in [0.05, 0.1) is 27.6 Å². The number of hydrogen-bond acceptors (Lipinski definition) is 7. The van der Waals surface area contributed by atoms with Crippen molar-refractivity contribution in [1.82, 2.24) is 14.9 Å². The average molecular weight is 602 g/mol. The van der Waals surface area contributed by atoms with Gasteiger partial charge in [-0.2, -0.15) is 0 Å². The topological polar surface area (TPSA) is 93.7 Å². The van der Waals surface area contributed by atoms with Crippen LogP contribution in [0.1, 0.15) is 24.0 Å². The lowest BCUT2D eigenvalue weighted by Crippen LogP contribution is -2.32. The Morgan fingerprint density at radius 2 is 1.68 bits per heavy atom. The number of benzene rings is 3. The molecule has 0 amide bonds. The van der Waals surface area contributed by atoms with Crippen LogP contribution in [0.25, 0.3) is 11.0 Å². The third-order valence-corrected chi connectivity index (χ3v) is 9.17. The van der Waals surface area contributed by atoms with Gasteiger partial charge >= 0.3 is 0 Å². The quantitative estimate of drug-likeness (QED) is 0.239. The molecular weight excluding hydrogens is 571 g/mol. The number of halogens is 2. The second-order valence-corrected chi connectivity index (χ2v) is 12.4. The van der Waals surface area contributed by atoms with E-state index in [1.165, 1.54) is 6.07 Å². The Kier molecular flexibility index (Phi) is 8.65. The number of piperidine rings is 1. The van der Waals surface area contributed by atoms with E-state index in [4.69, 9.17) is 32.7 Å². The number of aromatic nitrogens is 2. The summed E-state index contributed by atoms with van der Waals surface area (Å²) in [5.74, 6) is 1.10. The molecule has 11 heteroatoms. The second-order valence-electron chi connectivity index (χ2n) is 9.95. The Balaban J connectivity index is 1.37. The van der Waals surface area contributed by atoms with Crippen LogP contribution in [0.3, 0.4) is 0 Å². The number of nitrogens with one attached hydrogen (secondary N) is 1. The van der Waals surface area contributed by atoms with Gasteiger partial charge in [0.25, 0.3) is 15.9 Å². The van der Waals surface area contributed by atoms with E-state index in [0.29, 0.717) is 44.9 Å². The van der Waals surface area contributed by atoms with Crippen molar-refractivity contribution in [3.8, 4) is 11.6 Å². The summed E-state index contributed by atoms with van der Waals surface area (Å²) in [7, 11) is -1.90. The fourth-order valence-electron chi connectivity index (χ4n) is 4.55. The summed E-state index contributed by atoms with van der Waals surface area (Å²) in [6.07, 6.45) is 2.18. The van der Waals surface area contributed by atoms with Gasteiger partial charge in [-0.25, -0.2) is 18.4 Å². The zero-order valence-electron chi connectivity index (χ0n) is 22.2. The molecular formula is C29H30Cl2N4O4S. The van der Waals surface area contributed by atoms with Crippen LogP contribution in [0, 0.1) is 12.8 Å². The van der Waals surface area contributed by atoms with Gasteiger partial charge in [-0.1, -0.05) is 47.5 Å². The molecule has 0 aliphatic carbocycles. The van der Waals surface area contributed by atoms with E-state index in [1.807, 2.05) is 18.2 Å². The van der Waals surface area contributed by atoms with Crippen LogP contribution in [0.2, 0.25) is 10.0 Å². The van der Waals surface area contributed by atoms with Gasteiger partial charge in [0.2, 0.25) is 5.82 Å². The molecule has 0 radical (unpaired) electrons. The van der Waals surface area contributed by atoms with Gasteiger partial charge in [0, 0.05) is 5.02 Å². The summed E-state index contributed by atoms with van der Waals surface area (Å²) in [6, 6.07) is 17.3. The van der Waals surface area contributed by atoms with Gasteiger partial charge in [-0.05, 0) is 93.3 Å². The molecule has 1 aliphatic heterocycles. The molecule has 8 nitrogen and oxygen atoms in total. The Hall–Kier alpha value is -3.11. The molecule has 4 aromatic rings. The monoisotopic (exact) mass is 600 g/mol. The van der Waals surface area contributed by atoms with Gasteiger partial charge < -0.3 is 14.4 Å². The molecule has 1 N–H and O–H groups in total. The predicted octanol–water partition coefficient (Wildman–Crippen LogP) is 6.35. The molecule has 0 spiro atoms. The Labute approximate surface area is 244 Å². The lowest BCUT2D eigenvalue weighted by molar-refractivity contribution is 0.160. The zero-order valence-corrected chi connectivity index (χ0v) is 24.6. The molecule has 5 rings (SSSR count). The van der Waals surface area contributed by atoms with Gasteiger partial charge in [-0.3, -0.25) is 4.72 Å². The molecule has 1 fully saturated rings. The predicted molar refractivity (Wildman–Crippen MR) is 158 cm³/mol. The lowest BCUT2D eigenvalue weighted by Gasteiger charge is -2.28. The maximum Gasteiger partial charge on any atom is 0.263 e. The number of anilines is 1. The van der Waals surface area contributed by atoms with Crippen LogP contribution in [-0.4, -0.2) is 50.0 Å². The number of ether oxygens (including phenoxy) is 2. The van der Waals surface area contributed by atoms with E-state index in [0.717, 1.165) is 31.5 Å². The minimum Gasteiger partial charge on any atom is -0.492 e. The molecule has 210 valence electrons. The van der Waals surface area contributed by atoms with Crippen molar-refractivity contribution in [2.75, 3.05) is 31.5 Å². The van der Waals surface area contributed by atoms with Crippen molar-refractivity contribution in [3.05, 3.63) is 81.8 Å². The van der Waals surface area contributed by atoms with Gasteiger partial charge in [0.1, 0.15) is 12.4 Å². The molecule has 0 atom stereocenters. The smallest absolute Gasteiger partial charge is 0.263 e. The van der Waals surface area contributed by atoms with Crippen molar-refractivity contribution in [2.24, 2.45) is 5.92 Å². The Morgan fingerprint density at radius 3 is 2.42 bits per heavy atom. The van der Waals surface area contributed by atoms with E-state index in [2.05, 4.69) is 26.6 Å². The Bertz CT molecular complexity index is 1630. The third-order valence-electron chi connectivity index (χ3n) is 6.96. The van der Waals surface area contributed by atoms with Crippen LogP contribution in [-0.2, 0) is 16.6 Å². The van der Waals surface area contributed by atoms with Crippen LogP contribution in [0.4, 0.5) is 5.82 Å². The van der Waals surface area contributed by atoms with E-state index in [9.17, 15) is 8.42 Å². The molecule has 3 aromatic carbocycles. The van der Waals surface area contributed by atoms with Crippen molar-refractivity contribution in [3.63, 3.8) is 0 Å². The number of sulfonamides is 1. The summed E-state index contributed by atoms with van der Waals surface area (Å²) >= 11 is 12.6. The first-order chi connectivity index (χ1) is 19.2. The number of likely N-dealkylation sites (tertiary alicyclic amines) is 1. The largest absolute Gasteiger partial charge is 0.492 e. The van der Waals surface area contributed by atoms with Crippen LogP contribution >= 0.6 is 23.2 Å². The van der Waals surface area contributed by atoms with Crippen molar-refractivity contribution in [2.45, 2.75) is 31.3 Å². The highest BCUT2D eigenvalue weighted by Gasteiger charge is 2.23. The number of para-hydroxylation sites is 2. The fraction of sp³-hybridized carbons (Fsp3) is 0.310. The summed E-state index contributed by atoms with van der Waals surface area (Å²) in [4.78, 5) is 11.4. The normalized spacial score (nSPS) is 14.8. The van der Waals surface area contributed by atoms with E-state index in [-0.39, 0.29) is 23.2 Å². The molecule has 0 bridgehead atoms. The third kappa shape index (κ3) is 6.61. The molecule has 40 heavy (non-hydrogen) atoms. The maximum atomic E-state index is 13.3. The highest BCUT2D eigenvalue weighted by atomic mass is 35.5. The summed E-state index contributed by atoms with van der Waals surface area (Å²) < 4.78 is 41.3. The van der Waals surface area contributed by atoms with Crippen LogP contribution < -0.4 is 14.2 Å². The molecule has 0 saturated carbocycles. The summed E-state index contributed by atoms with van der Waals surface area (Å²) in [5, 5.41) is 0.869. The van der Waals surface area contributed by atoms with E-state index in [1.54, 1.807) is 43.3 Å². The molecule has 1 aromatic heterocycles. The average Bonchev–Trinajstić information content (AvgIpc) is 2.94. The first kappa shape index (κ1) is 28.4. The highest BCUT2D eigenvalue weighted by Crippen LogP contribution is 2.31. The molecule has 1 saturated heterocycles. The maximum absolute atomic E-state index is 13.3. The minimum atomic E-state index is -4.03. The van der Waals surface area contributed by atoms with Crippen molar-refractivity contribution < 1.29 is 17.9 Å². The first-order valence-electron chi connectivity index (χ1n) is 13.0. The van der Waals surface area contributed by atoms with Crippen molar-refractivity contribution in [1.29, 1.82) is 0 Å². The fourth-order valence-corrected chi connectivity index (χ4v) is 6.22. The SMILES string of the molecule is Cc1c(Cl)cccc1S(=O)(=O)Nc1nc2ccccc2nc1OCc1ccc(Cl)c(OCC2CCN(C)CC2)c1. The number of nitrogens with zero attached hydrogens (tertiary/aromatic N) is 3. The Morgan fingerprint density at radius 1 is 0.950 bits per heavy atom. The van der Waals surface area contributed by atoms with E-state index < -0.39 is 10.0 Å². The first-order valence-corrected chi connectivity index (χ1v) is 15.2. The van der Waals surface area contributed by atoms with Crippen molar-refractivity contribution >= 4 is 50.1 Å². The number of rotatable bonds is 9. The highest BCUT2D eigenvalue weighted by molar-refractivity contribution is 7.92. The molecule has 2 heterocycles. The van der Waals surface area contributed by atoms with E-state index >= 15 is 0 Å². The second kappa shape index (κ2) is 12.2. The lowest BCUT2D eigenvalue weighted by atomic mass is 9.98. The molecule has 1 aliphatic rings. The minimum absolute atomic E-state index is 0.0224. The molecule has 0 unspecified atom stereocenters. The number of hydrogen-bond donors (Lipinski definition) is 1. The standard InChI is InChI=1S/C29H30Cl2N4O4S/c1-19-22(30)6-5-9-27(19)40(36,37)34-28-29(33-25-8-4-3-7-24(25)32-28)39-18-21-10-11-23(31)26(16-21)38-17-20-12-14-35(2)15-13-20/h3-11,16,20H,12-15,17-18H2,1-2H3,(H,32,34).